The number of carbonyl (C=O) groups is 4. The van der Waals surface area contributed by atoms with Crippen molar-refractivity contribution in [2.75, 3.05) is 14.2 Å². The fraction of sp³-hybridized carbons (Fsp3) is 0.762. The maximum absolute atomic E-state index is 13.3. The van der Waals surface area contributed by atoms with Gasteiger partial charge < -0.3 is 53.6 Å². The zero-order valence-electron chi connectivity index (χ0n) is 34.9. The SMILES string of the molecule is CCC(C)C(=O)OC1CC2CC(O)CC(=O)OC(C(C)O)CC3CC(=CC(=O)OC)CC(O)(O3)C(C)(C)C=CC3CC(=CC(=O)OC)CC(CC(O)(O2)C1(C)C)O3. The van der Waals surface area contributed by atoms with Crippen LogP contribution in [-0.2, 0) is 52.3 Å². The molecule has 322 valence electrons. The first kappa shape index (κ1) is 46.5. The third-order valence-corrected chi connectivity index (χ3v) is 12.1. The summed E-state index contributed by atoms with van der Waals surface area (Å²) in [6.45, 7) is 12.0. The first-order chi connectivity index (χ1) is 26.5. The molecule has 15 nitrogen and oxygen atoms in total. The van der Waals surface area contributed by atoms with Crippen molar-refractivity contribution in [2.45, 2.75) is 173 Å². The molecule has 0 amide bonds. The van der Waals surface area contributed by atoms with E-state index in [2.05, 4.69) is 0 Å². The van der Waals surface area contributed by atoms with Crippen molar-refractivity contribution in [1.82, 2.24) is 0 Å². The summed E-state index contributed by atoms with van der Waals surface area (Å²) in [5, 5.41) is 46.7. The highest BCUT2D eigenvalue weighted by Gasteiger charge is 2.58. The summed E-state index contributed by atoms with van der Waals surface area (Å²) >= 11 is 0. The zero-order valence-corrected chi connectivity index (χ0v) is 34.9. The fourth-order valence-corrected chi connectivity index (χ4v) is 7.95. The molecule has 4 heterocycles. The maximum Gasteiger partial charge on any atom is 0.330 e. The second-order valence-electron chi connectivity index (χ2n) is 17.4. The lowest BCUT2D eigenvalue weighted by molar-refractivity contribution is -0.349. The molecule has 0 saturated carbocycles. The molecule has 15 heteroatoms. The Morgan fingerprint density at radius 2 is 1.49 bits per heavy atom. The number of cyclic esters (lactones) is 1. The van der Waals surface area contributed by atoms with Crippen LogP contribution in [0.25, 0.3) is 0 Å². The topological polar surface area (TPSA) is 214 Å². The van der Waals surface area contributed by atoms with Crippen LogP contribution in [-0.4, -0.2) is 119 Å². The van der Waals surface area contributed by atoms with E-state index in [-0.39, 0.29) is 51.4 Å². The molecule has 6 bridgehead atoms. The van der Waals surface area contributed by atoms with Crippen LogP contribution < -0.4 is 0 Å². The summed E-state index contributed by atoms with van der Waals surface area (Å²) in [6.07, 6.45) is -0.997. The molecule has 3 saturated heterocycles. The van der Waals surface area contributed by atoms with Crippen LogP contribution >= 0.6 is 0 Å². The minimum Gasteiger partial charge on any atom is -0.466 e. The van der Waals surface area contributed by atoms with Crippen molar-refractivity contribution >= 4 is 23.9 Å². The van der Waals surface area contributed by atoms with Crippen molar-refractivity contribution in [3.8, 4) is 0 Å². The molecule has 0 aliphatic carbocycles. The van der Waals surface area contributed by atoms with Crippen LogP contribution in [0.3, 0.4) is 0 Å². The molecular formula is C42H64O15. The summed E-state index contributed by atoms with van der Waals surface area (Å²) in [6, 6.07) is 0. The highest BCUT2D eigenvalue weighted by atomic mass is 16.6. The van der Waals surface area contributed by atoms with Gasteiger partial charge >= 0.3 is 23.9 Å². The molecule has 3 fully saturated rings. The van der Waals surface area contributed by atoms with Crippen molar-refractivity contribution in [2.24, 2.45) is 16.7 Å². The normalized spacial score (nSPS) is 37.3. The van der Waals surface area contributed by atoms with Gasteiger partial charge in [-0.15, -0.1) is 0 Å². The Balaban J connectivity index is 1.81. The zero-order chi connectivity index (χ0) is 42.5. The lowest BCUT2D eigenvalue weighted by Gasteiger charge is -2.54. The van der Waals surface area contributed by atoms with Crippen LogP contribution in [0.1, 0.15) is 113 Å². The molecule has 0 aromatic rings. The van der Waals surface area contributed by atoms with E-state index in [1.54, 1.807) is 46.8 Å². The van der Waals surface area contributed by atoms with E-state index in [0.29, 0.717) is 17.6 Å². The summed E-state index contributed by atoms with van der Waals surface area (Å²) in [5.74, 6) is -6.77. The number of methoxy groups -OCH3 is 2. The smallest absolute Gasteiger partial charge is 0.330 e. The van der Waals surface area contributed by atoms with Gasteiger partial charge in [0, 0.05) is 49.7 Å². The highest BCUT2D eigenvalue weighted by Crippen LogP contribution is 2.50. The molecule has 0 spiro atoms. The third-order valence-electron chi connectivity index (χ3n) is 12.1. The number of hydrogen-bond donors (Lipinski definition) is 4. The Morgan fingerprint density at radius 3 is 2.11 bits per heavy atom. The molecule has 0 aromatic carbocycles. The Hall–Kier alpha value is -3.18. The molecule has 4 aliphatic rings. The van der Waals surface area contributed by atoms with E-state index in [0.717, 1.165) is 0 Å². The summed E-state index contributed by atoms with van der Waals surface area (Å²) < 4.78 is 40.9. The molecule has 0 aromatic heterocycles. The van der Waals surface area contributed by atoms with E-state index in [4.69, 9.17) is 33.2 Å². The Morgan fingerprint density at radius 1 is 0.877 bits per heavy atom. The number of carbonyl (C=O) groups excluding carboxylic acids is 4. The van der Waals surface area contributed by atoms with E-state index in [1.807, 2.05) is 6.92 Å². The quantitative estimate of drug-likeness (QED) is 0.130. The van der Waals surface area contributed by atoms with Crippen molar-refractivity contribution in [3.63, 3.8) is 0 Å². The largest absolute Gasteiger partial charge is 0.466 e. The third kappa shape index (κ3) is 11.5. The van der Waals surface area contributed by atoms with Crippen LogP contribution in [0, 0.1) is 16.7 Å². The van der Waals surface area contributed by atoms with Gasteiger partial charge in [0.15, 0.2) is 11.6 Å². The molecular weight excluding hydrogens is 744 g/mol. The van der Waals surface area contributed by atoms with Crippen molar-refractivity contribution in [1.29, 1.82) is 0 Å². The molecule has 4 aliphatic heterocycles. The number of aliphatic hydroxyl groups is 4. The second-order valence-corrected chi connectivity index (χ2v) is 17.4. The van der Waals surface area contributed by atoms with E-state index < -0.39 is 107 Å². The lowest BCUT2D eigenvalue weighted by atomic mass is 9.70. The standard InChI is InChI=1S/C42H64O15/c1-10-24(2)38(48)55-34-21-31-18-28(44)19-37(47)54-33(25(3)43)20-30-15-27(17-36(46)52-9)22-41(49,56-30)39(4,5)12-11-29-13-26(16-35(45)51-8)14-32(53-29)23-42(50,57-31)40(34,6)7/h11-12,16-17,24-25,28-34,43-44,49-50H,10,13-15,18-23H2,1-9H3. The minimum absolute atomic E-state index is 0.0632. The van der Waals surface area contributed by atoms with E-state index in [9.17, 15) is 39.6 Å². The molecule has 4 N–H and O–H groups in total. The lowest BCUT2D eigenvalue weighted by Crippen LogP contribution is -2.62. The first-order valence-corrected chi connectivity index (χ1v) is 20.0. The van der Waals surface area contributed by atoms with Crippen LogP contribution in [0.2, 0.25) is 0 Å². The van der Waals surface area contributed by atoms with Gasteiger partial charge in [-0.25, -0.2) is 9.59 Å². The molecule has 0 radical (unpaired) electrons. The van der Waals surface area contributed by atoms with Crippen LogP contribution in [0.15, 0.2) is 35.5 Å². The van der Waals surface area contributed by atoms with Gasteiger partial charge in [-0.05, 0) is 32.6 Å². The van der Waals surface area contributed by atoms with Crippen molar-refractivity contribution < 1.29 is 72.8 Å². The van der Waals surface area contributed by atoms with Gasteiger partial charge in [0.1, 0.15) is 12.2 Å². The molecule has 11 unspecified atom stereocenters. The summed E-state index contributed by atoms with van der Waals surface area (Å²) in [7, 11) is 2.52. The van der Waals surface area contributed by atoms with Gasteiger partial charge in [-0.2, -0.15) is 0 Å². The van der Waals surface area contributed by atoms with Gasteiger partial charge in [0.05, 0.1) is 68.6 Å². The average Bonchev–Trinajstić information content (AvgIpc) is 3.11. The van der Waals surface area contributed by atoms with E-state index in [1.165, 1.54) is 33.3 Å². The Bertz CT molecular complexity index is 1550. The predicted molar refractivity (Wildman–Crippen MR) is 204 cm³/mol. The van der Waals surface area contributed by atoms with Gasteiger partial charge in [0.2, 0.25) is 0 Å². The van der Waals surface area contributed by atoms with Gasteiger partial charge in [0.25, 0.3) is 0 Å². The number of fused-ring (bicyclic) bond motifs is 6. The molecule has 11 atom stereocenters. The number of aliphatic hydroxyl groups excluding tert-OH is 2. The van der Waals surface area contributed by atoms with Crippen LogP contribution in [0.4, 0.5) is 0 Å². The van der Waals surface area contributed by atoms with Crippen LogP contribution in [0.5, 0.6) is 0 Å². The monoisotopic (exact) mass is 808 g/mol. The number of rotatable bonds is 6. The Kier molecular flexibility index (Phi) is 15.4. The Labute approximate surface area is 335 Å². The van der Waals surface area contributed by atoms with E-state index >= 15 is 0 Å². The number of esters is 4. The fourth-order valence-electron chi connectivity index (χ4n) is 7.95. The van der Waals surface area contributed by atoms with Crippen molar-refractivity contribution in [3.05, 3.63) is 35.5 Å². The first-order valence-electron chi connectivity index (χ1n) is 20.0. The van der Waals surface area contributed by atoms with Gasteiger partial charge in [-0.3, -0.25) is 9.59 Å². The molecule has 4 rings (SSSR count). The summed E-state index contributed by atoms with van der Waals surface area (Å²) in [4.78, 5) is 51.3. The minimum atomic E-state index is -2.00. The van der Waals surface area contributed by atoms with Gasteiger partial charge in [-0.1, -0.05) is 64.8 Å². The number of ether oxygens (including phenoxy) is 7. The molecule has 57 heavy (non-hydrogen) atoms. The number of hydrogen-bond acceptors (Lipinski definition) is 15. The summed E-state index contributed by atoms with van der Waals surface area (Å²) in [5.41, 5.74) is -1.16. The second kappa shape index (κ2) is 18.8. The average molecular weight is 809 g/mol. The maximum atomic E-state index is 13.3. The predicted octanol–water partition coefficient (Wildman–Crippen LogP) is 3.87. The highest BCUT2D eigenvalue weighted by molar-refractivity contribution is 5.83.